The number of hydrogen-bond acceptors (Lipinski definition) is 4. The maximum absolute atomic E-state index is 14.2. The van der Waals surface area contributed by atoms with Crippen LogP contribution in [0.25, 0.3) is 0 Å². The quantitative estimate of drug-likeness (QED) is 0.560. The molecule has 3 rings (SSSR count). The highest BCUT2D eigenvalue weighted by molar-refractivity contribution is 6.04. The van der Waals surface area contributed by atoms with Gasteiger partial charge in [0.05, 0.1) is 5.56 Å². The SMILES string of the molecule is CN1CCN(Cc2cc(NC(=O)c3cccnc3F)ccc2C(F)(F)C(F)(F)F)CC1. The van der Waals surface area contributed by atoms with Crippen LogP contribution < -0.4 is 5.32 Å². The van der Waals surface area contributed by atoms with Crippen molar-refractivity contribution >= 4 is 11.6 Å². The first kappa shape index (κ1) is 23.0. The van der Waals surface area contributed by atoms with Gasteiger partial charge in [-0.3, -0.25) is 9.69 Å². The van der Waals surface area contributed by atoms with Crippen molar-refractivity contribution in [3.05, 3.63) is 59.2 Å². The highest BCUT2D eigenvalue weighted by Gasteiger charge is 2.59. The number of alkyl halides is 5. The number of nitrogens with zero attached hydrogens (tertiary/aromatic N) is 3. The van der Waals surface area contributed by atoms with Crippen LogP contribution in [0.1, 0.15) is 21.5 Å². The zero-order valence-corrected chi connectivity index (χ0v) is 16.5. The number of halogens is 6. The highest BCUT2D eigenvalue weighted by atomic mass is 19.4. The molecule has 1 aromatic heterocycles. The zero-order valence-electron chi connectivity index (χ0n) is 16.5. The summed E-state index contributed by atoms with van der Waals surface area (Å²) in [4.78, 5) is 19.4. The van der Waals surface area contributed by atoms with E-state index in [9.17, 15) is 31.1 Å². The summed E-state index contributed by atoms with van der Waals surface area (Å²) in [5.41, 5.74) is -1.85. The van der Waals surface area contributed by atoms with E-state index in [-0.39, 0.29) is 23.4 Å². The summed E-state index contributed by atoms with van der Waals surface area (Å²) in [5.74, 6) is -6.99. The van der Waals surface area contributed by atoms with Crippen molar-refractivity contribution in [2.75, 3.05) is 38.5 Å². The summed E-state index contributed by atoms with van der Waals surface area (Å²) in [5, 5.41) is 2.33. The van der Waals surface area contributed by atoms with E-state index in [0.717, 1.165) is 18.3 Å². The van der Waals surface area contributed by atoms with Gasteiger partial charge in [-0.2, -0.15) is 26.3 Å². The molecule has 0 unspecified atom stereocenters. The van der Waals surface area contributed by atoms with Crippen molar-refractivity contribution in [2.24, 2.45) is 0 Å². The van der Waals surface area contributed by atoms with E-state index in [0.29, 0.717) is 32.2 Å². The maximum Gasteiger partial charge on any atom is 0.458 e. The Bertz CT molecular complexity index is 942. The number of anilines is 1. The van der Waals surface area contributed by atoms with E-state index < -0.39 is 29.5 Å². The molecule has 0 saturated carbocycles. The Kier molecular flexibility index (Phi) is 6.56. The summed E-state index contributed by atoms with van der Waals surface area (Å²) >= 11 is 0. The van der Waals surface area contributed by atoms with Crippen molar-refractivity contribution in [1.82, 2.24) is 14.8 Å². The molecule has 1 amide bonds. The fraction of sp³-hybridized carbons (Fsp3) is 0.400. The fourth-order valence-electron chi connectivity index (χ4n) is 3.26. The van der Waals surface area contributed by atoms with Gasteiger partial charge in [-0.1, -0.05) is 6.07 Å². The largest absolute Gasteiger partial charge is 0.458 e. The van der Waals surface area contributed by atoms with Gasteiger partial charge in [0.15, 0.2) is 0 Å². The van der Waals surface area contributed by atoms with E-state index in [1.165, 1.54) is 12.1 Å². The second kappa shape index (κ2) is 8.83. The molecule has 0 spiro atoms. The van der Waals surface area contributed by atoms with Crippen molar-refractivity contribution in [3.63, 3.8) is 0 Å². The van der Waals surface area contributed by atoms with E-state index in [1.54, 1.807) is 4.90 Å². The summed E-state index contributed by atoms with van der Waals surface area (Å²) in [7, 11) is 1.88. The van der Waals surface area contributed by atoms with E-state index >= 15 is 0 Å². The minimum Gasteiger partial charge on any atom is -0.322 e. The third-order valence-corrected chi connectivity index (χ3v) is 5.05. The Morgan fingerprint density at radius 3 is 2.39 bits per heavy atom. The van der Waals surface area contributed by atoms with Crippen LogP contribution in [0.4, 0.5) is 32.0 Å². The average Bonchev–Trinajstić information content (AvgIpc) is 2.69. The summed E-state index contributed by atoms with van der Waals surface area (Å²) in [6, 6.07) is 5.17. The average molecular weight is 446 g/mol. The summed E-state index contributed by atoms with van der Waals surface area (Å²) < 4.78 is 81.1. The van der Waals surface area contributed by atoms with Gasteiger partial charge in [-0.05, 0) is 36.9 Å². The predicted molar refractivity (Wildman–Crippen MR) is 101 cm³/mol. The Hall–Kier alpha value is -2.66. The van der Waals surface area contributed by atoms with Crippen LogP contribution in [0.2, 0.25) is 0 Å². The number of carbonyl (C=O) groups excluding carboxylic acids is 1. The molecule has 1 aromatic carbocycles. The molecule has 0 atom stereocenters. The lowest BCUT2D eigenvalue weighted by atomic mass is 9.99. The molecular weight excluding hydrogens is 426 g/mol. The van der Waals surface area contributed by atoms with Crippen molar-refractivity contribution < 1.29 is 31.1 Å². The van der Waals surface area contributed by atoms with E-state index in [1.807, 2.05) is 11.9 Å². The second-order valence-electron chi connectivity index (χ2n) is 7.32. The van der Waals surface area contributed by atoms with Gasteiger partial charge in [0, 0.05) is 50.2 Å². The number of rotatable bonds is 5. The molecule has 1 fully saturated rings. The number of nitrogens with one attached hydrogen (secondary N) is 1. The van der Waals surface area contributed by atoms with Crippen molar-refractivity contribution in [1.29, 1.82) is 0 Å². The molecule has 0 bridgehead atoms. The van der Waals surface area contributed by atoms with Crippen LogP contribution in [0.15, 0.2) is 36.5 Å². The lowest BCUT2D eigenvalue weighted by Gasteiger charge is -2.33. The van der Waals surface area contributed by atoms with Crippen LogP contribution in [-0.2, 0) is 12.5 Å². The number of likely N-dealkylation sites (N-methyl/N-ethyl adjacent to an activating group) is 1. The molecule has 1 aliphatic heterocycles. The van der Waals surface area contributed by atoms with Gasteiger partial charge < -0.3 is 10.2 Å². The Balaban J connectivity index is 1.92. The molecule has 31 heavy (non-hydrogen) atoms. The third-order valence-electron chi connectivity index (χ3n) is 5.05. The minimum absolute atomic E-state index is 0.0286. The van der Waals surface area contributed by atoms with Crippen LogP contribution in [0.5, 0.6) is 0 Å². The predicted octanol–water partition coefficient (Wildman–Crippen LogP) is 3.87. The molecule has 2 heterocycles. The third kappa shape index (κ3) is 5.16. The Morgan fingerprint density at radius 2 is 1.77 bits per heavy atom. The minimum atomic E-state index is -5.77. The van der Waals surface area contributed by atoms with Crippen LogP contribution >= 0.6 is 0 Å². The van der Waals surface area contributed by atoms with Crippen LogP contribution in [0.3, 0.4) is 0 Å². The molecule has 1 saturated heterocycles. The van der Waals surface area contributed by atoms with Gasteiger partial charge in [-0.15, -0.1) is 0 Å². The first-order valence-corrected chi connectivity index (χ1v) is 9.40. The van der Waals surface area contributed by atoms with Gasteiger partial charge in [0.1, 0.15) is 0 Å². The number of amides is 1. The molecule has 168 valence electrons. The van der Waals surface area contributed by atoms with Crippen molar-refractivity contribution in [3.8, 4) is 0 Å². The second-order valence-corrected chi connectivity index (χ2v) is 7.32. The first-order chi connectivity index (χ1) is 14.5. The number of benzene rings is 1. The monoisotopic (exact) mass is 446 g/mol. The number of hydrogen-bond donors (Lipinski definition) is 1. The molecule has 5 nitrogen and oxygen atoms in total. The van der Waals surface area contributed by atoms with Gasteiger partial charge >= 0.3 is 12.1 Å². The van der Waals surface area contributed by atoms with Crippen LogP contribution in [-0.4, -0.2) is 60.1 Å². The standard InChI is InChI=1S/C20H20F6N4O/c1-29-7-9-30(10-8-29)12-13-11-14(4-5-16(13)19(22,23)20(24,25)26)28-18(31)15-3-2-6-27-17(15)21/h2-6,11H,7-10,12H2,1H3,(H,28,31). The molecule has 1 N–H and O–H groups in total. The lowest BCUT2D eigenvalue weighted by Crippen LogP contribution is -2.44. The molecule has 2 aromatic rings. The van der Waals surface area contributed by atoms with Gasteiger partial charge in [0.2, 0.25) is 5.95 Å². The first-order valence-electron chi connectivity index (χ1n) is 9.40. The number of pyridine rings is 1. The molecule has 1 aliphatic rings. The Labute approximate surface area is 174 Å². The van der Waals surface area contributed by atoms with E-state index in [2.05, 4.69) is 10.3 Å². The summed E-state index contributed by atoms with van der Waals surface area (Å²) in [6.45, 7) is 2.11. The molecule has 0 radical (unpaired) electrons. The molecular formula is C20H20F6N4O. The van der Waals surface area contributed by atoms with Gasteiger partial charge in [-0.25, -0.2) is 4.98 Å². The van der Waals surface area contributed by atoms with Crippen molar-refractivity contribution in [2.45, 2.75) is 18.6 Å². The van der Waals surface area contributed by atoms with Gasteiger partial charge in [0.25, 0.3) is 5.91 Å². The number of carbonyl (C=O) groups is 1. The van der Waals surface area contributed by atoms with E-state index in [4.69, 9.17) is 0 Å². The fourth-order valence-corrected chi connectivity index (χ4v) is 3.26. The lowest BCUT2D eigenvalue weighted by molar-refractivity contribution is -0.289. The Morgan fingerprint density at radius 1 is 1.10 bits per heavy atom. The molecule has 0 aliphatic carbocycles. The highest BCUT2D eigenvalue weighted by Crippen LogP contribution is 2.45. The number of aromatic nitrogens is 1. The number of piperazine rings is 1. The summed E-state index contributed by atoms with van der Waals surface area (Å²) in [6.07, 6.45) is -4.62. The molecule has 11 heteroatoms. The maximum atomic E-state index is 14.2. The van der Waals surface area contributed by atoms with Crippen LogP contribution in [0, 0.1) is 5.95 Å². The zero-order chi connectivity index (χ0) is 22.8. The smallest absolute Gasteiger partial charge is 0.322 e. The normalized spacial score (nSPS) is 16.4. The topological polar surface area (TPSA) is 48.5 Å².